The van der Waals surface area contributed by atoms with Crippen molar-refractivity contribution in [3.63, 3.8) is 0 Å². The molecule has 0 atom stereocenters. The Morgan fingerprint density at radius 2 is 0.672 bits per heavy atom. The Morgan fingerprint density at radius 3 is 1.06 bits per heavy atom. The van der Waals surface area contributed by atoms with Crippen molar-refractivity contribution >= 4 is 17.1 Å². The average molecular weight is 864 g/mol. The lowest BCUT2D eigenvalue weighted by Crippen LogP contribution is -2.48. The minimum atomic E-state index is -0.691. The number of fused-ring (bicyclic) bond motifs is 6. The van der Waals surface area contributed by atoms with Crippen LogP contribution < -0.4 is 4.90 Å². The maximum atomic E-state index is 10.3. The summed E-state index contributed by atoms with van der Waals surface area (Å²) in [6.07, 6.45) is 6.57. The van der Waals surface area contributed by atoms with E-state index in [0.717, 1.165) is 52.9 Å². The Balaban J connectivity index is 1.04. The van der Waals surface area contributed by atoms with Crippen molar-refractivity contribution in [2.24, 2.45) is 17.8 Å². The maximum absolute atomic E-state index is 10.3. The van der Waals surface area contributed by atoms with Gasteiger partial charge in [-0.2, -0.15) is 0 Å². The van der Waals surface area contributed by atoms with Crippen LogP contribution in [0.3, 0.4) is 0 Å². The first-order valence-corrected chi connectivity index (χ1v) is 24.4. The largest absolute Gasteiger partial charge is 0.310 e. The van der Waals surface area contributed by atoms with E-state index in [0.29, 0.717) is 23.3 Å². The summed E-state index contributed by atoms with van der Waals surface area (Å²) in [5.41, 5.74) is 14.7. The molecule has 0 radical (unpaired) electrons. The smallest absolute Gasteiger partial charge is 0.0714 e. The molecule has 9 aromatic carbocycles. The molecular weight excluding hydrogens is 807 g/mol. The second-order valence-electron chi connectivity index (χ2n) is 20.3. The zero-order valence-corrected chi connectivity index (χ0v) is 37.6. The molecule has 322 valence electrons. The van der Waals surface area contributed by atoms with Gasteiger partial charge in [0.15, 0.2) is 0 Å². The predicted octanol–water partition coefficient (Wildman–Crippen LogP) is 16.4. The number of hydrogen-bond donors (Lipinski definition) is 0. The highest BCUT2D eigenvalue weighted by atomic mass is 15.1. The van der Waals surface area contributed by atoms with E-state index in [4.69, 9.17) is 0 Å². The van der Waals surface area contributed by atoms with Crippen LogP contribution in [-0.4, -0.2) is 0 Å². The van der Waals surface area contributed by atoms with E-state index < -0.39 is 10.8 Å². The monoisotopic (exact) mass is 863 g/mol. The summed E-state index contributed by atoms with van der Waals surface area (Å²) in [4.78, 5) is 2.05. The van der Waals surface area contributed by atoms with E-state index in [9.17, 15) is 5.48 Å². The van der Waals surface area contributed by atoms with Gasteiger partial charge < -0.3 is 4.90 Å². The molecule has 0 amide bonds. The molecule has 0 unspecified atom stereocenters. The fourth-order valence-corrected chi connectivity index (χ4v) is 14.7. The van der Waals surface area contributed by atoms with E-state index in [1.807, 2.05) is 4.90 Å². The summed E-state index contributed by atoms with van der Waals surface area (Å²) in [5.74, 6) is 1.78. The average Bonchev–Trinajstić information content (AvgIpc) is 3.89. The highest BCUT2D eigenvalue weighted by Gasteiger charge is 2.52. The fraction of sp³-hybridized carbons (Fsp3) is 0.182. The molecule has 1 heteroatoms. The molecule has 4 bridgehead atoms. The van der Waals surface area contributed by atoms with Crippen LogP contribution in [0.4, 0.5) is 17.1 Å². The van der Waals surface area contributed by atoms with Gasteiger partial charge in [0, 0.05) is 17.1 Å². The molecule has 67 heavy (non-hydrogen) atoms. The first kappa shape index (κ1) is 35.0. The van der Waals surface area contributed by atoms with E-state index in [1.54, 1.807) is 0 Å². The molecule has 0 spiro atoms. The van der Waals surface area contributed by atoms with Crippen molar-refractivity contribution in [1.29, 1.82) is 0 Å². The first-order valence-electron chi connectivity index (χ1n) is 26.4. The summed E-state index contributed by atoms with van der Waals surface area (Å²) in [6.45, 7) is 0. The van der Waals surface area contributed by atoms with Crippen LogP contribution in [-0.2, 0) is 16.2 Å². The molecule has 6 aliphatic rings. The summed E-state index contributed by atoms with van der Waals surface area (Å²) >= 11 is 0. The van der Waals surface area contributed by atoms with Gasteiger partial charge >= 0.3 is 0 Å². The highest BCUT2D eigenvalue weighted by molar-refractivity contribution is 5.89. The molecule has 4 saturated carbocycles. The van der Waals surface area contributed by atoms with Gasteiger partial charge in [-0.3, -0.25) is 0 Å². The molecule has 0 aromatic heterocycles. The number of nitrogens with zero attached hydrogens (tertiary/aromatic N) is 1. The molecule has 9 aromatic rings. The lowest BCUT2D eigenvalue weighted by Gasteiger charge is -2.57. The Morgan fingerprint density at radius 1 is 0.328 bits per heavy atom. The topological polar surface area (TPSA) is 3.24 Å². The summed E-state index contributed by atoms with van der Waals surface area (Å²) in [7, 11) is 0. The Bertz CT molecular complexity index is 3260. The molecule has 4 fully saturated rings. The standard InChI is InChI=1S/C66H53N/c1-3-17-49(18-4-1)65(60-29-11-7-25-56(60)57-26-8-12-30-61(57)65)51-21-15-23-54(40-51)67(53-35-33-48(34-36-53)64-42-45-37-46(43-64)39-47(38-45)44-64)55-24-16-22-52(41-55)66(50-19-5-2-6-20-50)62-31-13-9-27-58(62)59-28-10-14-32-63(59)66/h1-36,40-41,45-47H,37-39,42-44H2/i33D,34D,35D,36D. The van der Waals surface area contributed by atoms with Crippen LogP contribution in [0, 0.1) is 17.8 Å². The van der Waals surface area contributed by atoms with Gasteiger partial charge in [-0.05, 0) is 170 Å². The van der Waals surface area contributed by atoms with Crippen molar-refractivity contribution in [2.75, 3.05) is 4.90 Å². The quantitative estimate of drug-likeness (QED) is 0.147. The third kappa shape index (κ3) is 5.61. The third-order valence-electron chi connectivity index (χ3n) is 16.8. The molecule has 0 aliphatic heterocycles. The Labute approximate surface area is 401 Å². The van der Waals surface area contributed by atoms with Gasteiger partial charge in [0.25, 0.3) is 0 Å². The van der Waals surface area contributed by atoms with Crippen LogP contribution in [0.15, 0.2) is 230 Å². The number of rotatable bonds is 8. The lowest BCUT2D eigenvalue weighted by molar-refractivity contribution is -0.00518. The van der Waals surface area contributed by atoms with Gasteiger partial charge in [-0.1, -0.05) is 194 Å². The fourth-order valence-electron chi connectivity index (χ4n) is 14.7. The summed E-state index contributed by atoms with van der Waals surface area (Å²) in [6, 6.07) is 74.3. The van der Waals surface area contributed by atoms with Crippen LogP contribution >= 0.6 is 0 Å². The molecule has 1 nitrogen and oxygen atoms in total. The summed E-state index contributed by atoms with van der Waals surface area (Å²) < 4.78 is 40.7. The first-order chi connectivity index (χ1) is 34.8. The Hall–Kier alpha value is -7.22. The van der Waals surface area contributed by atoms with Crippen molar-refractivity contribution in [1.82, 2.24) is 0 Å². The minimum absolute atomic E-state index is 0.0104. The van der Waals surface area contributed by atoms with Crippen molar-refractivity contribution in [3.8, 4) is 22.3 Å². The normalized spacial score (nSPS) is 22.7. The SMILES string of the molecule is [2H]c1c([2H])c(C23CC4CC(CC(C4)C2)C3)c([2H])c([2H])c1N(c1cccc(C2(c3ccccc3)c3ccccc3-c3ccccc32)c1)c1cccc(C2(c3ccccc3)c3ccccc3-c3ccccc32)c1. The number of anilines is 3. The lowest BCUT2D eigenvalue weighted by atomic mass is 9.48. The second kappa shape index (κ2) is 14.9. The van der Waals surface area contributed by atoms with Crippen molar-refractivity contribution < 1.29 is 5.48 Å². The van der Waals surface area contributed by atoms with Crippen LogP contribution in [0.25, 0.3) is 22.3 Å². The second-order valence-corrected chi connectivity index (χ2v) is 20.3. The molecule has 15 rings (SSSR count). The molecule has 6 aliphatic carbocycles. The molecular formula is C66H53N. The highest BCUT2D eigenvalue weighted by Crippen LogP contribution is 2.62. The van der Waals surface area contributed by atoms with E-state index in [1.165, 1.54) is 63.8 Å². The van der Waals surface area contributed by atoms with Crippen LogP contribution in [0.5, 0.6) is 0 Å². The van der Waals surface area contributed by atoms with E-state index in [-0.39, 0.29) is 35.3 Å². The molecule has 0 saturated heterocycles. The molecule has 0 N–H and O–H groups in total. The van der Waals surface area contributed by atoms with Gasteiger partial charge in [-0.25, -0.2) is 0 Å². The third-order valence-corrected chi connectivity index (χ3v) is 16.8. The van der Waals surface area contributed by atoms with Gasteiger partial charge in [0.2, 0.25) is 0 Å². The zero-order chi connectivity index (χ0) is 47.6. The van der Waals surface area contributed by atoms with E-state index in [2.05, 4.69) is 206 Å². The van der Waals surface area contributed by atoms with E-state index >= 15 is 0 Å². The predicted molar refractivity (Wildman–Crippen MR) is 276 cm³/mol. The van der Waals surface area contributed by atoms with Crippen molar-refractivity contribution in [2.45, 2.75) is 54.8 Å². The number of hydrogen-bond acceptors (Lipinski definition) is 1. The maximum Gasteiger partial charge on any atom is 0.0714 e. The van der Waals surface area contributed by atoms with Crippen LogP contribution in [0.1, 0.15) is 94.1 Å². The van der Waals surface area contributed by atoms with Gasteiger partial charge in [0.1, 0.15) is 0 Å². The van der Waals surface area contributed by atoms with Crippen molar-refractivity contribution in [3.05, 3.63) is 280 Å². The van der Waals surface area contributed by atoms with Gasteiger partial charge in [0.05, 0.1) is 16.3 Å². The summed E-state index contributed by atoms with van der Waals surface area (Å²) in [5, 5.41) is 0. The Kier molecular flexibility index (Phi) is 7.79. The minimum Gasteiger partial charge on any atom is -0.310 e. The number of benzene rings is 9. The zero-order valence-electron chi connectivity index (χ0n) is 41.6. The van der Waals surface area contributed by atoms with Gasteiger partial charge in [-0.15, -0.1) is 0 Å². The molecule has 0 heterocycles. The van der Waals surface area contributed by atoms with Crippen LogP contribution in [0.2, 0.25) is 0 Å².